The fourth-order valence-electron chi connectivity index (χ4n) is 3.11. The summed E-state index contributed by atoms with van der Waals surface area (Å²) in [5, 5.41) is 9.28. The van der Waals surface area contributed by atoms with E-state index < -0.39 is 0 Å². The van der Waals surface area contributed by atoms with Crippen molar-refractivity contribution in [1.29, 1.82) is 0 Å². The number of amides is 1. The van der Waals surface area contributed by atoms with Crippen LogP contribution in [0.15, 0.2) is 97.3 Å². The van der Waals surface area contributed by atoms with E-state index in [1.54, 1.807) is 20.2 Å². The Bertz CT molecular complexity index is 932. The van der Waals surface area contributed by atoms with Gasteiger partial charge in [0, 0.05) is 33.3 Å². The van der Waals surface area contributed by atoms with E-state index in [1.807, 2.05) is 62.4 Å². The van der Waals surface area contributed by atoms with Crippen molar-refractivity contribution < 1.29 is 9.53 Å². The molecule has 2 rings (SSSR count). The van der Waals surface area contributed by atoms with Crippen LogP contribution in [0.5, 0.6) is 0 Å². The van der Waals surface area contributed by atoms with Gasteiger partial charge in [0.25, 0.3) is 0 Å². The Morgan fingerprint density at radius 1 is 1.03 bits per heavy atom. The molecule has 0 bridgehead atoms. The number of methoxy groups -OCH3 is 1. The average Bonchev–Trinajstić information content (AvgIpc) is 2.92. The minimum Gasteiger partial charge on any atom is -0.387 e. The number of nitrogens with one attached hydrogen (secondary N) is 3. The van der Waals surface area contributed by atoms with Crippen LogP contribution in [0.25, 0.3) is 6.08 Å². The molecule has 37 heavy (non-hydrogen) atoms. The first-order valence-corrected chi connectivity index (χ1v) is 12.9. The van der Waals surface area contributed by atoms with Crippen LogP contribution in [-0.2, 0) is 22.7 Å². The van der Waals surface area contributed by atoms with Gasteiger partial charge >= 0.3 is 0 Å². The highest BCUT2D eigenvalue weighted by Crippen LogP contribution is 2.12. The third-order valence-electron chi connectivity index (χ3n) is 4.86. The second-order valence-corrected chi connectivity index (χ2v) is 8.17. The number of allylic oxidation sites excluding steroid dienone is 1. The van der Waals surface area contributed by atoms with Gasteiger partial charge in [-0.2, -0.15) is 0 Å². The Hall–Kier alpha value is -3.41. The molecule has 0 fully saturated rings. The molecule has 0 radical (unpaired) electrons. The van der Waals surface area contributed by atoms with Gasteiger partial charge in [0.2, 0.25) is 5.91 Å². The SMILES string of the molecule is C=CCN/C=C(/CCNCc1ccc(/C=C/C(=O)NC)cc1)CC(=C)C.CC.COCc1ccccc1. The van der Waals surface area contributed by atoms with E-state index in [0.717, 1.165) is 43.6 Å². The van der Waals surface area contributed by atoms with Crippen molar-refractivity contribution in [2.24, 2.45) is 0 Å². The zero-order valence-electron chi connectivity index (χ0n) is 23.5. The van der Waals surface area contributed by atoms with Crippen molar-refractivity contribution in [1.82, 2.24) is 16.0 Å². The first kappa shape index (κ1) is 33.6. The predicted octanol–water partition coefficient (Wildman–Crippen LogP) is 6.41. The number of hydrogen-bond acceptors (Lipinski definition) is 4. The van der Waals surface area contributed by atoms with Crippen molar-refractivity contribution in [3.63, 3.8) is 0 Å². The number of carbonyl (C=O) groups is 1. The number of ether oxygens (including phenoxy) is 1. The first-order valence-electron chi connectivity index (χ1n) is 12.9. The summed E-state index contributed by atoms with van der Waals surface area (Å²) >= 11 is 0. The number of hydrogen-bond donors (Lipinski definition) is 3. The molecule has 1 amide bonds. The summed E-state index contributed by atoms with van der Waals surface area (Å²) in [6, 6.07) is 18.3. The van der Waals surface area contributed by atoms with Gasteiger partial charge < -0.3 is 20.7 Å². The van der Waals surface area contributed by atoms with Crippen LogP contribution in [0.3, 0.4) is 0 Å². The van der Waals surface area contributed by atoms with Crippen molar-refractivity contribution in [2.75, 3.05) is 27.2 Å². The quantitative estimate of drug-likeness (QED) is 0.158. The highest BCUT2D eigenvalue weighted by Gasteiger charge is 1.99. The predicted molar refractivity (Wildman–Crippen MR) is 160 cm³/mol. The Morgan fingerprint density at radius 3 is 2.27 bits per heavy atom. The molecule has 0 aliphatic carbocycles. The normalized spacial score (nSPS) is 10.5. The lowest BCUT2D eigenvalue weighted by atomic mass is 10.1. The van der Waals surface area contributed by atoms with E-state index in [0.29, 0.717) is 6.61 Å². The summed E-state index contributed by atoms with van der Waals surface area (Å²) in [7, 11) is 3.32. The van der Waals surface area contributed by atoms with Crippen molar-refractivity contribution in [2.45, 2.75) is 46.8 Å². The second-order valence-electron chi connectivity index (χ2n) is 8.17. The van der Waals surface area contributed by atoms with E-state index in [1.165, 1.54) is 22.8 Å². The third-order valence-corrected chi connectivity index (χ3v) is 4.86. The zero-order chi connectivity index (χ0) is 27.7. The van der Waals surface area contributed by atoms with Gasteiger partial charge in [-0.1, -0.05) is 86.7 Å². The molecule has 2 aromatic carbocycles. The van der Waals surface area contributed by atoms with E-state index in [2.05, 4.69) is 54.4 Å². The van der Waals surface area contributed by atoms with Crippen molar-refractivity contribution in [3.05, 3.63) is 114 Å². The van der Waals surface area contributed by atoms with Crippen molar-refractivity contribution in [3.8, 4) is 0 Å². The molecule has 3 N–H and O–H groups in total. The van der Waals surface area contributed by atoms with Crippen LogP contribution < -0.4 is 16.0 Å². The lowest BCUT2D eigenvalue weighted by Gasteiger charge is -2.10. The maximum atomic E-state index is 11.2. The summed E-state index contributed by atoms with van der Waals surface area (Å²) in [6.45, 7) is 17.0. The fourth-order valence-corrected chi connectivity index (χ4v) is 3.11. The largest absolute Gasteiger partial charge is 0.387 e. The van der Waals surface area contributed by atoms with Gasteiger partial charge in [-0.3, -0.25) is 4.79 Å². The van der Waals surface area contributed by atoms with Crippen LogP contribution >= 0.6 is 0 Å². The van der Waals surface area contributed by atoms with Gasteiger partial charge in [-0.05, 0) is 60.8 Å². The molecule has 0 aliphatic heterocycles. The maximum Gasteiger partial charge on any atom is 0.243 e. The summed E-state index contributed by atoms with van der Waals surface area (Å²) < 4.78 is 4.93. The van der Waals surface area contributed by atoms with Crippen molar-refractivity contribution >= 4 is 12.0 Å². The topological polar surface area (TPSA) is 62.4 Å². The summed E-state index contributed by atoms with van der Waals surface area (Å²) in [5.74, 6) is -0.100. The zero-order valence-corrected chi connectivity index (χ0v) is 23.5. The third kappa shape index (κ3) is 18.5. The number of carbonyl (C=O) groups excluding carboxylic acids is 1. The van der Waals surface area contributed by atoms with Gasteiger partial charge in [0.1, 0.15) is 0 Å². The molecule has 0 aromatic heterocycles. The minimum absolute atomic E-state index is 0.100. The number of rotatable bonds is 14. The summed E-state index contributed by atoms with van der Waals surface area (Å²) in [6.07, 6.45) is 9.15. The van der Waals surface area contributed by atoms with E-state index in [4.69, 9.17) is 4.74 Å². The Morgan fingerprint density at radius 2 is 1.70 bits per heavy atom. The van der Waals surface area contributed by atoms with E-state index in [-0.39, 0.29) is 5.91 Å². The molecule has 0 aliphatic rings. The van der Waals surface area contributed by atoms with Gasteiger partial charge in [0.05, 0.1) is 6.61 Å². The molecule has 0 atom stereocenters. The summed E-state index contributed by atoms with van der Waals surface area (Å²) in [5.41, 5.74) is 5.95. The molecule has 202 valence electrons. The van der Waals surface area contributed by atoms with Crippen LogP contribution in [0.1, 0.15) is 50.3 Å². The Balaban J connectivity index is 0.000000977. The highest BCUT2D eigenvalue weighted by molar-refractivity contribution is 5.91. The average molecular weight is 506 g/mol. The second kappa shape index (κ2) is 23.0. The van der Waals surface area contributed by atoms with Gasteiger partial charge in [-0.25, -0.2) is 0 Å². The van der Waals surface area contributed by atoms with Crippen LogP contribution in [0.4, 0.5) is 0 Å². The fraction of sp³-hybridized carbons (Fsp3) is 0.344. The van der Waals surface area contributed by atoms with Crippen LogP contribution in [-0.4, -0.2) is 33.2 Å². The Kier molecular flexibility index (Phi) is 20.9. The molecule has 2 aromatic rings. The minimum atomic E-state index is -0.100. The molecule has 0 saturated carbocycles. The van der Waals surface area contributed by atoms with Crippen LogP contribution in [0.2, 0.25) is 0 Å². The van der Waals surface area contributed by atoms with E-state index in [9.17, 15) is 4.79 Å². The smallest absolute Gasteiger partial charge is 0.243 e. The molecule has 0 spiro atoms. The molecule has 0 saturated heterocycles. The highest BCUT2D eigenvalue weighted by atomic mass is 16.5. The lowest BCUT2D eigenvalue weighted by molar-refractivity contribution is -0.115. The molecule has 0 heterocycles. The van der Waals surface area contributed by atoms with Gasteiger partial charge in [-0.15, -0.1) is 6.58 Å². The van der Waals surface area contributed by atoms with Gasteiger partial charge in [0.15, 0.2) is 0 Å². The number of benzene rings is 2. The molecular formula is C32H47N3O2. The number of likely N-dealkylation sites (N-methyl/N-ethyl adjacent to an activating group) is 1. The molecule has 5 nitrogen and oxygen atoms in total. The van der Waals surface area contributed by atoms with Crippen LogP contribution in [0, 0.1) is 0 Å². The Labute approximate surface area is 225 Å². The van der Waals surface area contributed by atoms with E-state index >= 15 is 0 Å². The lowest BCUT2D eigenvalue weighted by Crippen LogP contribution is -2.16. The monoisotopic (exact) mass is 505 g/mol. The summed E-state index contributed by atoms with van der Waals surface area (Å²) in [4.78, 5) is 11.2. The molecule has 0 unspecified atom stereocenters. The first-order chi connectivity index (χ1) is 18.0. The molecular weight excluding hydrogens is 458 g/mol. The standard InChI is InChI=1S/C22H31N3O.C8H10O.C2H6/c1-5-13-24-17-21(15-18(2)3)12-14-25-16-20-8-6-19(7-9-20)10-11-22(26)23-4;1-9-7-8-5-3-2-4-6-8;1-2/h5-11,17,24-25H,1-2,12-16H2,3-4H3,(H,23,26);2-6H,7H2,1H3;1-2H3/b11-10+,21-17-;;. The maximum absolute atomic E-state index is 11.2. The molecule has 5 heteroatoms.